The van der Waals surface area contributed by atoms with E-state index < -0.39 is 15.8 Å². The second kappa shape index (κ2) is 5.17. The van der Waals surface area contributed by atoms with Crippen molar-refractivity contribution in [3.8, 4) is 12.3 Å². The maximum Gasteiger partial charge on any atom is 0.246 e. The molecule has 6 heteroatoms. The van der Waals surface area contributed by atoms with Gasteiger partial charge in [-0.25, -0.2) is 12.8 Å². The van der Waals surface area contributed by atoms with E-state index in [2.05, 4.69) is 5.92 Å². The molecule has 0 aliphatic heterocycles. The van der Waals surface area contributed by atoms with Crippen LogP contribution in [0.15, 0.2) is 23.1 Å². The summed E-state index contributed by atoms with van der Waals surface area (Å²) < 4.78 is 38.3. The molecule has 0 atom stereocenters. The molecule has 0 spiro atoms. The fourth-order valence-electron chi connectivity index (χ4n) is 1.34. The summed E-state index contributed by atoms with van der Waals surface area (Å²) >= 11 is 0. The second-order valence-electron chi connectivity index (χ2n) is 3.32. The maximum absolute atomic E-state index is 13.1. The van der Waals surface area contributed by atoms with Crippen LogP contribution in [-0.4, -0.2) is 25.8 Å². The predicted octanol–water partition coefficient (Wildman–Crippen LogP) is 1.05. The molecule has 0 aliphatic carbocycles. The molecular weight excluding hydrogens is 243 g/mol. The Bertz CT molecular complexity index is 549. The Kier molecular flexibility index (Phi) is 4.10. The maximum atomic E-state index is 13.1. The van der Waals surface area contributed by atoms with Crippen molar-refractivity contribution in [1.29, 1.82) is 0 Å². The first-order chi connectivity index (χ1) is 7.93. The summed E-state index contributed by atoms with van der Waals surface area (Å²) in [6.07, 6.45) is 5.09. The molecule has 0 unspecified atom stereocenters. The van der Waals surface area contributed by atoms with E-state index in [1.165, 1.54) is 6.07 Å². The van der Waals surface area contributed by atoms with Gasteiger partial charge in [0.25, 0.3) is 0 Å². The molecule has 1 rings (SSSR count). The number of anilines is 1. The zero-order valence-corrected chi connectivity index (χ0v) is 10.2. The Labute approximate surface area is 100 Å². The first-order valence-electron chi connectivity index (χ1n) is 4.92. The number of nitrogen functional groups attached to an aromatic ring is 1. The molecule has 4 nitrogen and oxygen atoms in total. The second-order valence-corrected chi connectivity index (χ2v) is 5.22. The molecule has 1 aromatic rings. The van der Waals surface area contributed by atoms with Crippen LogP contribution in [0.3, 0.4) is 0 Å². The van der Waals surface area contributed by atoms with Crippen LogP contribution in [0.4, 0.5) is 10.1 Å². The minimum absolute atomic E-state index is 0.00173. The lowest BCUT2D eigenvalue weighted by Gasteiger charge is -2.18. The van der Waals surface area contributed by atoms with Gasteiger partial charge in [0, 0.05) is 6.54 Å². The molecule has 0 amide bonds. The minimum Gasteiger partial charge on any atom is -0.398 e. The van der Waals surface area contributed by atoms with Gasteiger partial charge >= 0.3 is 0 Å². The Morgan fingerprint density at radius 3 is 2.71 bits per heavy atom. The predicted molar refractivity (Wildman–Crippen MR) is 64.1 cm³/mol. The fraction of sp³-hybridized carbons (Fsp3) is 0.273. The van der Waals surface area contributed by atoms with E-state index in [-0.39, 0.29) is 23.7 Å². The largest absolute Gasteiger partial charge is 0.398 e. The van der Waals surface area contributed by atoms with Gasteiger partial charge in [-0.05, 0) is 18.2 Å². The number of benzene rings is 1. The Hall–Kier alpha value is -1.58. The van der Waals surface area contributed by atoms with E-state index in [0.29, 0.717) is 0 Å². The molecule has 0 saturated carbocycles. The zero-order valence-electron chi connectivity index (χ0n) is 9.35. The smallest absolute Gasteiger partial charge is 0.246 e. The topological polar surface area (TPSA) is 63.4 Å². The third-order valence-corrected chi connectivity index (χ3v) is 4.19. The van der Waals surface area contributed by atoms with Crippen LogP contribution in [0.5, 0.6) is 0 Å². The fourth-order valence-corrected chi connectivity index (χ4v) is 2.83. The number of nitrogens with two attached hydrogens (primary N) is 1. The van der Waals surface area contributed by atoms with Gasteiger partial charge in [-0.1, -0.05) is 12.8 Å². The average Bonchev–Trinajstić information content (AvgIpc) is 2.28. The molecule has 17 heavy (non-hydrogen) atoms. The number of rotatable bonds is 4. The van der Waals surface area contributed by atoms with Gasteiger partial charge in [-0.2, -0.15) is 4.31 Å². The third-order valence-electron chi connectivity index (χ3n) is 2.21. The summed E-state index contributed by atoms with van der Waals surface area (Å²) in [4.78, 5) is -0.255. The van der Waals surface area contributed by atoms with Crippen molar-refractivity contribution in [1.82, 2.24) is 4.31 Å². The zero-order chi connectivity index (χ0) is 13.1. The van der Waals surface area contributed by atoms with Gasteiger partial charge < -0.3 is 5.73 Å². The Morgan fingerprint density at radius 2 is 2.18 bits per heavy atom. The highest BCUT2D eigenvalue weighted by Gasteiger charge is 2.25. The van der Waals surface area contributed by atoms with Gasteiger partial charge in [0.1, 0.15) is 10.7 Å². The Balaban J connectivity index is 3.30. The molecule has 2 N–H and O–H groups in total. The Morgan fingerprint density at radius 1 is 1.53 bits per heavy atom. The number of hydrogen-bond donors (Lipinski definition) is 1. The van der Waals surface area contributed by atoms with Crippen LogP contribution < -0.4 is 5.73 Å². The van der Waals surface area contributed by atoms with Crippen molar-refractivity contribution in [2.75, 3.05) is 18.8 Å². The van der Waals surface area contributed by atoms with Crippen LogP contribution >= 0.6 is 0 Å². The van der Waals surface area contributed by atoms with Gasteiger partial charge in [0.05, 0.1) is 12.2 Å². The van der Waals surface area contributed by atoms with Crippen LogP contribution in [0.1, 0.15) is 6.92 Å². The van der Waals surface area contributed by atoms with Gasteiger partial charge in [-0.15, -0.1) is 6.42 Å². The SMILES string of the molecule is C#CCN(CC)S(=O)(=O)c1cc(F)ccc1N. The molecule has 1 aromatic carbocycles. The van der Waals surface area contributed by atoms with Crippen molar-refractivity contribution >= 4 is 15.7 Å². The molecule has 0 fully saturated rings. The lowest BCUT2D eigenvalue weighted by Crippen LogP contribution is -2.31. The van der Waals surface area contributed by atoms with Crippen LogP contribution in [0.25, 0.3) is 0 Å². The quantitative estimate of drug-likeness (QED) is 0.647. The van der Waals surface area contributed by atoms with Crippen LogP contribution in [0.2, 0.25) is 0 Å². The van der Waals surface area contributed by atoms with E-state index >= 15 is 0 Å². The standard InChI is InChI=1S/C11H13FN2O2S/c1-3-7-14(4-2)17(15,16)11-8-9(12)5-6-10(11)13/h1,5-6,8H,4,7,13H2,2H3. The van der Waals surface area contributed by atoms with E-state index in [0.717, 1.165) is 16.4 Å². The highest BCUT2D eigenvalue weighted by molar-refractivity contribution is 7.89. The summed E-state index contributed by atoms with van der Waals surface area (Å²) in [6.45, 7) is 1.77. The minimum atomic E-state index is -3.84. The molecule has 0 saturated heterocycles. The van der Waals surface area contributed by atoms with Crippen LogP contribution in [0, 0.1) is 18.2 Å². The number of sulfonamides is 1. The summed E-state index contributed by atoms with van der Waals surface area (Å²) in [5, 5.41) is 0. The van der Waals surface area contributed by atoms with E-state index in [9.17, 15) is 12.8 Å². The molecule has 92 valence electrons. The first kappa shape index (κ1) is 13.5. The summed E-state index contributed by atoms with van der Waals surface area (Å²) in [5.74, 6) is 1.58. The average molecular weight is 256 g/mol. The number of terminal acetylenes is 1. The van der Waals surface area contributed by atoms with Gasteiger partial charge in [0.2, 0.25) is 10.0 Å². The molecule has 0 aliphatic rings. The normalized spacial score (nSPS) is 11.4. The number of nitrogens with zero attached hydrogens (tertiary/aromatic N) is 1. The monoisotopic (exact) mass is 256 g/mol. The number of halogens is 1. The van der Waals surface area contributed by atoms with Crippen molar-refractivity contribution in [3.05, 3.63) is 24.0 Å². The van der Waals surface area contributed by atoms with Crippen molar-refractivity contribution < 1.29 is 12.8 Å². The van der Waals surface area contributed by atoms with E-state index in [1.54, 1.807) is 6.92 Å². The van der Waals surface area contributed by atoms with Crippen molar-refractivity contribution in [3.63, 3.8) is 0 Å². The van der Waals surface area contributed by atoms with E-state index in [4.69, 9.17) is 12.2 Å². The molecule has 0 radical (unpaired) electrons. The highest BCUT2D eigenvalue weighted by Crippen LogP contribution is 2.22. The lowest BCUT2D eigenvalue weighted by atomic mass is 10.3. The number of hydrogen-bond acceptors (Lipinski definition) is 3. The van der Waals surface area contributed by atoms with Crippen LogP contribution in [-0.2, 0) is 10.0 Å². The molecular formula is C11H13FN2O2S. The van der Waals surface area contributed by atoms with Gasteiger partial charge in [-0.3, -0.25) is 0 Å². The summed E-state index contributed by atoms with van der Waals surface area (Å²) in [7, 11) is -3.84. The first-order valence-corrected chi connectivity index (χ1v) is 6.36. The van der Waals surface area contributed by atoms with Crippen molar-refractivity contribution in [2.24, 2.45) is 0 Å². The summed E-state index contributed by atoms with van der Waals surface area (Å²) in [6, 6.07) is 3.21. The molecule has 0 aromatic heterocycles. The summed E-state index contributed by atoms with van der Waals surface area (Å²) in [5.41, 5.74) is 5.54. The third kappa shape index (κ3) is 2.75. The van der Waals surface area contributed by atoms with Gasteiger partial charge in [0.15, 0.2) is 0 Å². The highest BCUT2D eigenvalue weighted by atomic mass is 32.2. The van der Waals surface area contributed by atoms with Crippen molar-refractivity contribution in [2.45, 2.75) is 11.8 Å². The molecule has 0 heterocycles. The lowest BCUT2D eigenvalue weighted by molar-refractivity contribution is 0.463. The molecule has 0 bridgehead atoms. The van der Waals surface area contributed by atoms with E-state index in [1.807, 2.05) is 0 Å².